The molecule has 0 N–H and O–H groups in total. The number of ether oxygens (including phenoxy) is 1. The third kappa shape index (κ3) is 4.92. The van der Waals surface area contributed by atoms with E-state index in [2.05, 4.69) is 15.7 Å². The fraction of sp³-hybridized carbons (Fsp3) is 0.458. The summed E-state index contributed by atoms with van der Waals surface area (Å²) in [6.45, 7) is 2.47. The van der Waals surface area contributed by atoms with E-state index in [1.807, 2.05) is 28.0 Å². The average Bonchev–Trinajstić information content (AvgIpc) is 3.49. The minimum Gasteiger partial charge on any atom is -0.406 e. The maximum Gasteiger partial charge on any atom is 0.573 e. The van der Waals surface area contributed by atoms with Crippen LogP contribution in [0.25, 0.3) is 0 Å². The van der Waals surface area contributed by atoms with Crippen LogP contribution in [0.2, 0.25) is 5.02 Å². The second-order valence-electron chi connectivity index (χ2n) is 8.87. The number of alkyl halides is 3. The molecule has 1 saturated carbocycles. The number of fused-ring (bicyclic) bond motifs is 1. The van der Waals surface area contributed by atoms with Gasteiger partial charge in [-0.1, -0.05) is 23.7 Å². The summed E-state index contributed by atoms with van der Waals surface area (Å²) in [6.07, 6.45) is -0.830. The Morgan fingerprint density at radius 3 is 2.52 bits per heavy atom. The summed E-state index contributed by atoms with van der Waals surface area (Å²) in [7, 11) is 0. The molecule has 0 aromatic heterocycles. The highest BCUT2D eigenvalue weighted by molar-refractivity contribution is 6.30. The lowest BCUT2D eigenvalue weighted by molar-refractivity contribution is -0.274. The third-order valence-electron chi connectivity index (χ3n) is 6.50. The lowest BCUT2D eigenvalue weighted by Crippen LogP contribution is -2.51. The molecule has 1 aliphatic carbocycles. The Hall–Kier alpha value is -2.45. The molecule has 5 nitrogen and oxygen atoms in total. The Bertz CT molecular complexity index is 1040. The number of anilines is 2. The zero-order chi connectivity index (χ0) is 23.2. The van der Waals surface area contributed by atoms with Gasteiger partial charge in [-0.05, 0) is 68.1 Å². The van der Waals surface area contributed by atoms with Gasteiger partial charge in [0.05, 0.1) is 17.4 Å². The minimum atomic E-state index is -4.79. The second-order valence-corrected chi connectivity index (χ2v) is 9.31. The SMILES string of the molecule is O=C([C@@H]1CCCN1Cc1cc(Cl)cc(OC(F)(F)F)c1)N1CCN(C2CC2)c2ccccc21. The van der Waals surface area contributed by atoms with Gasteiger partial charge >= 0.3 is 6.36 Å². The fourth-order valence-electron chi connectivity index (χ4n) is 4.99. The van der Waals surface area contributed by atoms with Crippen LogP contribution in [-0.4, -0.2) is 48.9 Å². The van der Waals surface area contributed by atoms with Crippen molar-refractivity contribution >= 4 is 28.9 Å². The molecule has 1 saturated heterocycles. The average molecular weight is 480 g/mol. The van der Waals surface area contributed by atoms with Gasteiger partial charge in [-0.15, -0.1) is 13.2 Å². The molecule has 2 aromatic carbocycles. The molecule has 0 spiro atoms. The quantitative estimate of drug-likeness (QED) is 0.589. The molecule has 3 aliphatic rings. The van der Waals surface area contributed by atoms with E-state index >= 15 is 0 Å². The Morgan fingerprint density at radius 2 is 1.79 bits per heavy atom. The highest BCUT2D eigenvalue weighted by atomic mass is 35.5. The van der Waals surface area contributed by atoms with Crippen molar-refractivity contribution in [2.45, 2.75) is 50.7 Å². The zero-order valence-electron chi connectivity index (χ0n) is 18.0. The van der Waals surface area contributed by atoms with Crippen molar-refractivity contribution in [2.75, 3.05) is 29.4 Å². The van der Waals surface area contributed by atoms with Gasteiger partial charge in [0.15, 0.2) is 0 Å². The molecule has 0 radical (unpaired) electrons. The number of carbonyl (C=O) groups is 1. The molecule has 0 unspecified atom stereocenters. The van der Waals surface area contributed by atoms with E-state index in [1.54, 1.807) is 6.07 Å². The smallest absolute Gasteiger partial charge is 0.406 e. The summed E-state index contributed by atoms with van der Waals surface area (Å²) >= 11 is 6.04. The fourth-order valence-corrected chi connectivity index (χ4v) is 5.24. The van der Waals surface area contributed by atoms with Crippen LogP contribution in [-0.2, 0) is 11.3 Å². The van der Waals surface area contributed by atoms with Crippen LogP contribution in [0.4, 0.5) is 24.5 Å². The van der Waals surface area contributed by atoms with Crippen molar-refractivity contribution in [1.82, 2.24) is 4.90 Å². The largest absolute Gasteiger partial charge is 0.573 e. The van der Waals surface area contributed by atoms with E-state index in [9.17, 15) is 18.0 Å². The minimum absolute atomic E-state index is 0.0455. The maximum absolute atomic E-state index is 13.6. The van der Waals surface area contributed by atoms with E-state index in [1.165, 1.54) is 18.9 Å². The summed E-state index contributed by atoms with van der Waals surface area (Å²) < 4.78 is 42.0. The summed E-state index contributed by atoms with van der Waals surface area (Å²) in [5.74, 6) is -0.304. The summed E-state index contributed by atoms with van der Waals surface area (Å²) in [5.41, 5.74) is 2.63. The number of halogens is 4. The normalized spacial score (nSPS) is 21.3. The first-order valence-corrected chi connectivity index (χ1v) is 11.6. The van der Waals surface area contributed by atoms with Crippen LogP contribution < -0.4 is 14.5 Å². The number of nitrogens with zero attached hydrogens (tertiary/aromatic N) is 3. The van der Waals surface area contributed by atoms with Crippen LogP contribution >= 0.6 is 11.6 Å². The molecular formula is C24H25ClF3N3O2. The molecule has 1 amide bonds. The highest BCUT2D eigenvalue weighted by Crippen LogP contribution is 2.40. The number of hydrogen-bond acceptors (Lipinski definition) is 4. The monoisotopic (exact) mass is 479 g/mol. The topological polar surface area (TPSA) is 36.0 Å². The zero-order valence-corrected chi connectivity index (χ0v) is 18.8. The molecule has 33 heavy (non-hydrogen) atoms. The van der Waals surface area contributed by atoms with Crippen LogP contribution in [0.1, 0.15) is 31.2 Å². The molecule has 176 valence electrons. The molecule has 9 heteroatoms. The molecule has 0 bridgehead atoms. The molecule has 1 atom stereocenters. The van der Waals surface area contributed by atoms with Gasteiger partial charge in [-0.2, -0.15) is 0 Å². The van der Waals surface area contributed by atoms with E-state index in [0.717, 1.165) is 36.8 Å². The van der Waals surface area contributed by atoms with Crippen LogP contribution in [0, 0.1) is 0 Å². The molecule has 2 fully saturated rings. The van der Waals surface area contributed by atoms with Crippen LogP contribution in [0.5, 0.6) is 5.75 Å². The van der Waals surface area contributed by atoms with Crippen molar-refractivity contribution in [3.8, 4) is 5.75 Å². The molecular weight excluding hydrogens is 455 g/mol. The number of likely N-dealkylation sites (tertiary alicyclic amines) is 1. The van der Waals surface area contributed by atoms with Crippen LogP contribution in [0.3, 0.4) is 0 Å². The van der Waals surface area contributed by atoms with Gasteiger partial charge in [-0.3, -0.25) is 9.69 Å². The van der Waals surface area contributed by atoms with Gasteiger partial charge in [-0.25, -0.2) is 0 Å². The van der Waals surface area contributed by atoms with Crippen molar-refractivity contribution in [1.29, 1.82) is 0 Å². The second kappa shape index (κ2) is 8.72. The molecule has 2 heterocycles. The Morgan fingerprint density at radius 1 is 1.03 bits per heavy atom. The summed E-state index contributed by atoms with van der Waals surface area (Å²) in [4.78, 5) is 20.0. The maximum atomic E-state index is 13.6. The predicted molar refractivity (Wildman–Crippen MR) is 121 cm³/mol. The van der Waals surface area contributed by atoms with Crippen molar-refractivity contribution in [3.05, 3.63) is 53.1 Å². The van der Waals surface area contributed by atoms with Gasteiger partial charge < -0.3 is 14.5 Å². The highest BCUT2D eigenvalue weighted by Gasteiger charge is 2.39. The van der Waals surface area contributed by atoms with E-state index < -0.39 is 6.36 Å². The Balaban J connectivity index is 1.34. The number of amides is 1. The van der Waals surface area contributed by atoms with Gasteiger partial charge in [0, 0.05) is 30.7 Å². The number of rotatable bonds is 5. The van der Waals surface area contributed by atoms with Crippen molar-refractivity contribution < 1.29 is 22.7 Å². The molecule has 5 rings (SSSR count). The first-order valence-electron chi connectivity index (χ1n) is 11.2. The first-order chi connectivity index (χ1) is 15.8. The number of carbonyl (C=O) groups excluding carboxylic acids is 1. The van der Waals surface area contributed by atoms with Crippen LogP contribution in [0.15, 0.2) is 42.5 Å². The van der Waals surface area contributed by atoms with Gasteiger partial charge in [0.2, 0.25) is 5.91 Å². The Labute approximate surface area is 195 Å². The lowest BCUT2D eigenvalue weighted by atomic mass is 10.1. The van der Waals surface area contributed by atoms with E-state index in [4.69, 9.17) is 11.6 Å². The van der Waals surface area contributed by atoms with Crippen molar-refractivity contribution in [2.24, 2.45) is 0 Å². The van der Waals surface area contributed by atoms with Gasteiger partial charge in [0.25, 0.3) is 0 Å². The predicted octanol–water partition coefficient (Wildman–Crippen LogP) is 5.22. The number of hydrogen-bond donors (Lipinski definition) is 0. The standard InChI is InChI=1S/C24H25ClF3N3O2/c25-17-12-16(13-19(14-17)33-24(26,27)28)15-29-9-3-6-22(29)23(32)31-11-10-30(18-7-8-18)20-4-1-2-5-21(20)31/h1-2,4-5,12-14,18,22H,3,6-11,15H2/t22-/m0/s1. The molecule has 2 aliphatic heterocycles. The van der Waals surface area contributed by atoms with Crippen molar-refractivity contribution in [3.63, 3.8) is 0 Å². The lowest BCUT2D eigenvalue weighted by Gasteiger charge is -2.40. The first kappa shape index (κ1) is 22.3. The summed E-state index contributed by atoms with van der Waals surface area (Å²) in [5, 5.41) is 0.166. The van der Waals surface area contributed by atoms with Gasteiger partial charge in [0.1, 0.15) is 5.75 Å². The van der Waals surface area contributed by atoms with E-state index in [0.29, 0.717) is 31.2 Å². The number of benzene rings is 2. The summed E-state index contributed by atoms with van der Waals surface area (Å²) in [6, 6.07) is 12.4. The molecule has 2 aromatic rings. The van der Waals surface area contributed by atoms with E-state index in [-0.39, 0.29) is 22.7 Å². The third-order valence-corrected chi connectivity index (χ3v) is 6.72. The number of para-hydroxylation sites is 2. The Kier molecular flexibility index (Phi) is 5.91.